The van der Waals surface area contributed by atoms with Gasteiger partial charge in [-0.25, -0.2) is 0 Å². The lowest BCUT2D eigenvalue weighted by Crippen LogP contribution is -2.05. The number of esters is 1. The predicted octanol–water partition coefficient (Wildman–Crippen LogP) is 13.0. The number of carbonyl (C=O) groups is 2. The van der Waals surface area contributed by atoms with E-state index in [4.69, 9.17) is 9.84 Å². The fourth-order valence-corrected chi connectivity index (χ4v) is 5.53. The number of hydrogen-bond acceptors (Lipinski definition) is 3. The molecule has 0 amide bonds. The van der Waals surface area contributed by atoms with Gasteiger partial charge in [0.2, 0.25) is 0 Å². The minimum absolute atomic E-state index is 0.00658. The number of rotatable bonds is 35. The molecule has 0 radical (unpaired) electrons. The number of allylic oxidation sites excluding steroid dienone is 6. The van der Waals surface area contributed by atoms with E-state index in [0.717, 1.165) is 57.8 Å². The van der Waals surface area contributed by atoms with Crippen LogP contribution in [0.2, 0.25) is 0 Å². The van der Waals surface area contributed by atoms with Crippen LogP contribution in [0, 0.1) is 0 Å². The van der Waals surface area contributed by atoms with E-state index in [1.165, 1.54) is 122 Å². The van der Waals surface area contributed by atoms with E-state index in [-0.39, 0.29) is 5.97 Å². The molecular weight excluding hydrogens is 544 g/mol. The molecule has 0 unspecified atom stereocenters. The van der Waals surface area contributed by atoms with Crippen molar-refractivity contribution in [3.8, 4) is 0 Å². The maximum Gasteiger partial charge on any atom is 0.305 e. The number of carboxylic acid groups (broad SMARTS) is 1. The molecule has 4 heteroatoms. The molecule has 0 aromatic heterocycles. The van der Waals surface area contributed by atoms with Crippen molar-refractivity contribution < 1.29 is 19.4 Å². The van der Waals surface area contributed by atoms with Crippen molar-refractivity contribution in [3.05, 3.63) is 36.5 Å². The summed E-state index contributed by atoms with van der Waals surface area (Å²) in [6, 6.07) is 0. The van der Waals surface area contributed by atoms with Crippen LogP contribution < -0.4 is 0 Å². The maximum absolute atomic E-state index is 11.9. The maximum atomic E-state index is 11.9. The van der Waals surface area contributed by atoms with Gasteiger partial charge in [0, 0.05) is 12.8 Å². The van der Waals surface area contributed by atoms with Crippen molar-refractivity contribution >= 4 is 11.9 Å². The summed E-state index contributed by atoms with van der Waals surface area (Å²) in [6.07, 6.45) is 48.7. The van der Waals surface area contributed by atoms with Crippen LogP contribution in [0.25, 0.3) is 0 Å². The summed E-state index contributed by atoms with van der Waals surface area (Å²) < 4.78 is 5.43. The van der Waals surface area contributed by atoms with Crippen molar-refractivity contribution in [2.24, 2.45) is 0 Å². The van der Waals surface area contributed by atoms with Gasteiger partial charge < -0.3 is 9.84 Å². The molecular formula is C40H72O4. The van der Waals surface area contributed by atoms with Gasteiger partial charge in [-0.05, 0) is 51.4 Å². The highest BCUT2D eigenvalue weighted by Gasteiger charge is 2.03. The average Bonchev–Trinajstić information content (AvgIpc) is 3.01. The summed E-state index contributed by atoms with van der Waals surface area (Å²) in [5, 5.41) is 8.64. The van der Waals surface area contributed by atoms with Gasteiger partial charge in [0.15, 0.2) is 0 Å². The third-order valence-electron chi connectivity index (χ3n) is 8.33. The van der Waals surface area contributed by atoms with Crippen molar-refractivity contribution in [1.29, 1.82) is 0 Å². The molecule has 0 aliphatic rings. The van der Waals surface area contributed by atoms with Crippen LogP contribution in [0.4, 0.5) is 0 Å². The summed E-state index contributed by atoms with van der Waals surface area (Å²) in [6.45, 7) is 2.76. The van der Waals surface area contributed by atoms with Crippen molar-refractivity contribution in [2.45, 2.75) is 200 Å². The van der Waals surface area contributed by atoms with E-state index in [9.17, 15) is 9.59 Å². The molecule has 0 rings (SSSR count). The molecule has 0 saturated heterocycles. The first-order valence-corrected chi connectivity index (χ1v) is 19.0. The van der Waals surface area contributed by atoms with Crippen LogP contribution in [-0.2, 0) is 14.3 Å². The number of hydrogen-bond donors (Lipinski definition) is 1. The summed E-state index contributed by atoms with van der Waals surface area (Å²) in [7, 11) is 0. The Morgan fingerprint density at radius 2 is 0.818 bits per heavy atom. The van der Waals surface area contributed by atoms with Gasteiger partial charge in [-0.15, -0.1) is 0 Å². The fraction of sp³-hybridized carbons (Fsp3) is 0.800. The van der Waals surface area contributed by atoms with E-state index in [0.29, 0.717) is 19.4 Å². The Morgan fingerprint density at radius 1 is 0.455 bits per heavy atom. The largest absolute Gasteiger partial charge is 0.481 e. The number of ether oxygens (including phenoxy) is 1. The first-order chi connectivity index (χ1) is 21.7. The van der Waals surface area contributed by atoms with Crippen LogP contribution >= 0.6 is 0 Å². The lowest BCUT2D eigenvalue weighted by molar-refractivity contribution is -0.144. The Kier molecular flexibility index (Phi) is 35.8. The highest BCUT2D eigenvalue weighted by atomic mass is 16.5. The molecule has 0 bridgehead atoms. The summed E-state index contributed by atoms with van der Waals surface area (Å²) >= 11 is 0. The van der Waals surface area contributed by atoms with E-state index >= 15 is 0 Å². The molecule has 0 aromatic carbocycles. The topological polar surface area (TPSA) is 63.6 Å². The molecule has 0 aliphatic carbocycles. The molecule has 0 saturated carbocycles. The summed E-state index contributed by atoms with van der Waals surface area (Å²) in [5.41, 5.74) is 0. The lowest BCUT2D eigenvalue weighted by atomic mass is 10.0. The quantitative estimate of drug-likeness (QED) is 0.0437. The van der Waals surface area contributed by atoms with E-state index in [1.54, 1.807) is 0 Å². The summed E-state index contributed by atoms with van der Waals surface area (Å²) in [4.78, 5) is 22.4. The first-order valence-electron chi connectivity index (χ1n) is 19.0. The van der Waals surface area contributed by atoms with Crippen molar-refractivity contribution in [2.75, 3.05) is 6.61 Å². The summed E-state index contributed by atoms with van der Waals surface area (Å²) in [5.74, 6) is -0.668. The molecule has 0 atom stereocenters. The highest BCUT2D eigenvalue weighted by molar-refractivity contribution is 5.69. The third kappa shape index (κ3) is 38.2. The standard InChI is InChI=1S/C40H72O4/c1-2-3-4-5-6-7-8-9-15-19-22-25-28-31-34-37-40(43)44-38-35-32-29-26-23-20-17-14-12-10-11-13-16-18-21-24-27-30-33-36-39(41)42/h3-4,6-7,9,15H,2,5,8,10-14,16-38H2,1H3,(H,41,42)/b4-3-,7-6-,15-9-. The minimum atomic E-state index is -0.662. The van der Waals surface area contributed by atoms with Gasteiger partial charge in [0.05, 0.1) is 6.61 Å². The van der Waals surface area contributed by atoms with Crippen molar-refractivity contribution in [1.82, 2.24) is 0 Å². The number of aliphatic carboxylic acids is 1. The molecule has 0 aromatic rings. The normalized spacial score (nSPS) is 11.8. The average molecular weight is 617 g/mol. The smallest absolute Gasteiger partial charge is 0.305 e. The second-order valence-corrected chi connectivity index (χ2v) is 12.7. The monoisotopic (exact) mass is 617 g/mol. The van der Waals surface area contributed by atoms with Gasteiger partial charge in [-0.1, -0.05) is 172 Å². The Balaban J connectivity index is 3.21. The van der Waals surface area contributed by atoms with E-state index in [2.05, 4.69) is 43.4 Å². The van der Waals surface area contributed by atoms with Crippen LogP contribution in [0.15, 0.2) is 36.5 Å². The third-order valence-corrected chi connectivity index (χ3v) is 8.33. The molecule has 1 N–H and O–H groups in total. The Hall–Kier alpha value is -1.84. The zero-order valence-corrected chi connectivity index (χ0v) is 29.1. The van der Waals surface area contributed by atoms with Crippen LogP contribution in [0.3, 0.4) is 0 Å². The van der Waals surface area contributed by atoms with Gasteiger partial charge in [-0.3, -0.25) is 9.59 Å². The molecule has 0 aliphatic heterocycles. The van der Waals surface area contributed by atoms with Crippen LogP contribution in [0.5, 0.6) is 0 Å². The zero-order valence-electron chi connectivity index (χ0n) is 29.1. The fourth-order valence-electron chi connectivity index (χ4n) is 5.53. The zero-order chi connectivity index (χ0) is 32.0. The molecule has 0 heterocycles. The number of carbonyl (C=O) groups excluding carboxylic acids is 1. The van der Waals surface area contributed by atoms with Crippen LogP contribution in [0.1, 0.15) is 200 Å². The lowest BCUT2D eigenvalue weighted by Gasteiger charge is -2.06. The molecule has 0 spiro atoms. The minimum Gasteiger partial charge on any atom is -0.481 e. The highest BCUT2D eigenvalue weighted by Crippen LogP contribution is 2.15. The number of carboxylic acids is 1. The SMILES string of the molecule is CC/C=C\C/C=C\C/C=C\CCCCCCCC(=O)OCCCCCCCCCCCCCCCCCCCCCC(=O)O. The van der Waals surface area contributed by atoms with Gasteiger partial charge in [-0.2, -0.15) is 0 Å². The van der Waals surface area contributed by atoms with E-state index < -0.39 is 5.97 Å². The Morgan fingerprint density at radius 3 is 1.27 bits per heavy atom. The van der Waals surface area contributed by atoms with Crippen LogP contribution in [-0.4, -0.2) is 23.7 Å². The van der Waals surface area contributed by atoms with Gasteiger partial charge in [0.1, 0.15) is 0 Å². The Labute approximate surface area is 273 Å². The first kappa shape index (κ1) is 42.2. The molecule has 256 valence electrons. The van der Waals surface area contributed by atoms with Gasteiger partial charge in [0.25, 0.3) is 0 Å². The second kappa shape index (κ2) is 37.3. The van der Waals surface area contributed by atoms with E-state index in [1.807, 2.05) is 0 Å². The molecule has 0 fully saturated rings. The molecule has 4 nitrogen and oxygen atoms in total. The second-order valence-electron chi connectivity index (χ2n) is 12.7. The van der Waals surface area contributed by atoms with Crippen molar-refractivity contribution in [3.63, 3.8) is 0 Å². The predicted molar refractivity (Wildman–Crippen MR) is 190 cm³/mol. The Bertz CT molecular complexity index is 693. The molecule has 44 heavy (non-hydrogen) atoms. The number of unbranched alkanes of at least 4 members (excludes halogenated alkanes) is 23. The van der Waals surface area contributed by atoms with Gasteiger partial charge >= 0.3 is 11.9 Å².